The molecule has 0 atom stereocenters. The molecular formula is C12H23N3O2S. The Hall–Kier alpha value is -0.850. The van der Waals surface area contributed by atoms with Crippen LogP contribution in [0.3, 0.4) is 0 Å². The quantitative estimate of drug-likeness (QED) is 0.792. The number of hydrogen-bond donors (Lipinski definition) is 2. The maximum absolute atomic E-state index is 12.5. The zero-order valence-electron chi connectivity index (χ0n) is 11.5. The summed E-state index contributed by atoms with van der Waals surface area (Å²) in [5.41, 5.74) is 0.872. The standard InChI is InChI=1S/C12H23N3O2S/c1-5-6-15(10(2)3)18(16,17)12-7-11(8-13-4)14-9-12/h7,9-10,13-14H,5-6,8H2,1-4H3. The second-order valence-electron chi connectivity index (χ2n) is 4.60. The van der Waals surface area contributed by atoms with Crippen molar-refractivity contribution in [1.29, 1.82) is 0 Å². The summed E-state index contributed by atoms with van der Waals surface area (Å²) in [6.07, 6.45) is 2.37. The third kappa shape index (κ3) is 3.34. The molecule has 2 N–H and O–H groups in total. The summed E-state index contributed by atoms with van der Waals surface area (Å²) in [4.78, 5) is 3.32. The predicted molar refractivity (Wildman–Crippen MR) is 72.9 cm³/mol. The molecule has 6 heteroatoms. The van der Waals surface area contributed by atoms with Gasteiger partial charge in [0.1, 0.15) is 0 Å². The Bertz CT molecular complexity index is 465. The van der Waals surface area contributed by atoms with Gasteiger partial charge in [0.2, 0.25) is 10.0 Å². The molecular weight excluding hydrogens is 250 g/mol. The number of aromatic nitrogens is 1. The van der Waals surface area contributed by atoms with E-state index in [9.17, 15) is 8.42 Å². The van der Waals surface area contributed by atoms with E-state index in [1.165, 1.54) is 0 Å². The topological polar surface area (TPSA) is 65.2 Å². The molecule has 1 aromatic rings. The van der Waals surface area contributed by atoms with Crippen molar-refractivity contribution >= 4 is 10.0 Å². The molecule has 18 heavy (non-hydrogen) atoms. The average molecular weight is 273 g/mol. The fourth-order valence-electron chi connectivity index (χ4n) is 1.87. The number of hydrogen-bond acceptors (Lipinski definition) is 3. The monoisotopic (exact) mass is 273 g/mol. The van der Waals surface area contributed by atoms with Gasteiger partial charge in [-0.15, -0.1) is 0 Å². The molecule has 5 nitrogen and oxygen atoms in total. The highest BCUT2D eigenvalue weighted by Crippen LogP contribution is 2.19. The van der Waals surface area contributed by atoms with Gasteiger partial charge in [-0.05, 0) is 33.4 Å². The molecule has 0 saturated heterocycles. The number of nitrogens with one attached hydrogen (secondary N) is 2. The van der Waals surface area contributed by atoms with Gasteiger partial charge in [-0.3, -0.25) is 0 Å². The Labute approximate surface area is 110 Å². The van der Waals surface area contributed by atoms with E-state index >= 15 is 0 Å². The summed E-state index contributed by atoms with van der Waals surface area (Å²) in [7, 11) is -1.56. The predicted octanol–water partition coefficient (Wildman–Crippen LogP) is 1.54. The highest BCUT2D eigenvalue weighted by Gasteiger charge is 2.26. The summed E-state index contributed by atoms with van der Waals surface area (Å²) < 4.78 is 26.5. The molecule has 0 bridgehead atoms. The van der Waals surface area contributed by atoms with Crippen LogP contribution >= 0.6 is 0 Å². The van der Waals surface area contributed by atoms with Crippen molar-refractivity contribution in [3.8, 4) is 0 Å². The van der Waals surface area contributed by atoms with E-state index in [1.54, 1.807) is 16.6 Å². The van der Waals surface area contributed by atoms with Gasteiger partial charge in [-0.1, -0.05) is 6.92 Å². The van der Waals surface area contributed by atoms with E-state index in [4.69, 9.17) is 0 Å². The van der Waals surface area contributed by atoms with Crippen LogP contribution in [0.1, 0.15) is 32.9 Å². The van der Waals surface area contributed by atoms with E-state index < -0.39 is 10.0 Å². The number of sulfonamides is 1. The minimum absolute atomic E-state index is 0.0300. The zero-order valence-corrected chi connectivity index (χ0v) is 12.3. The van der Waals surface area contributed by atoms with E-state index in [2.05, 4.69) is 10.3 Å². The largest absolute Gasteiger partial charge is 0.363 e. The van der Waals surface area contributed by atoms with Crippen molar-refractivity contribution < 1.29 is 8.42 Å². The van der Waals surface area contributed by atoms with Crippen LogP contribution < -0.4 is 5.32 Å². The number of nitrogens with zero attached hydrogens (tertiary/aromatic N) is 1. The van der Waals surface area contributed by atoms with Crippen LogP contribution in [0.5, 0.6) is 0 Å². The van der Waals surface area contributed by atoms with Crippen molar-refractivity contribution in [2.45, 2.75) is 44.7 Å². The third-order valence-corrected chi connectivity index (χ3v) is 4.76. The van der Waals surface area contributed by atoms with Crippen molar-refractivity contribution in [3.63, 3.8) is 0 Å². The van der Waals surface area contributed by atoms with Gasteiger partial charge in [0.05, 0.1) is 4.90 Å². The van der Waals surface area contributed by atoms with Crippen LogP contribution in [0, 0.1) is 0 Å². The highest BCUT2D eigenvalue weighted by atomic mass is 32.2. The van der Waals surface area contributed by atoms with Crippen LogP contribution in [-0.2, 0) is 16.6 Å². The summed E-state index contributed by atoms with van der Waals surface area (Å²) in [5.74, 6) is 0. The van der Waals surface area contributed by atoms with E-state index in [1.807, 2.05) is 27.8 Å². The molecule has 0 saturated carbocycles. The van der Waals surface area contributed by atoms with E-state index in [0.717, 1.165) is 12.1 Å². The SMILES string of the molecule is CCCN(C(C)C)S(=O)(=O)c1c[nH]c(CNC)c1. The third-order valence-electron chi connectivity index (χ3n) is 2.71. The van der Waals surface area contributed by atoms with Crippen molar-refractivity contribution in [2.75, 3.05) is 13.6 Å². The maximum Gasteiger partial charge on any atom is 0.244 e. The molecule has 0 spiro atoms. The van der Waals surface area contributed by atoms with Gasteiger partial charge in [-0.2, -0.15) is 4.31 Å². The van der Waals surface area contributed by atoms with Crippen molar-refractivity contribution in [3.05, 3.63) is 18.0 Å². The van der Waals surface area contributed by atoms with Crippen LogP contribution in [0.4, 0.5) is 0 Å². The van der Waals surface area contributed by atoms with E-state index in [-0.39, 0.29) is 6.04 Å². The number of H-pyrrole nitrogens is 1. The van der Waals surface area contributed by atoms with Gasteiger partial charge in [-0.25, -0.2) is 8.42 Å². The van der Waals surface area contributed by atoms with Gasteiger partial charge in [0, 0.05) is 31.0 Å². The second kappa shape index (κ2) is 6.36. The van der Waals surface area contributed by atoms with Crippen LogP contribution in [0.2, 0.25) is 0 Å². The molecule has 0 aliphatic rings. The first-order valence-electron chi connectivity index (χ1n) is 6.27. The first-order chi connectivity index (χ1) is 8.43. The Kier molecular flexibility index (Phi) is 5.37. The Morgan fingerprint density at radius 2 is 2.11 bits per heavy atom. The van der Waals surface area contributed by atoms with Crippen molar-refractivity contribution in [1.82, 2.24) is 14.6 Å². The molecule has 1 aromatic heterocycles. The molecule has 0 aliphatic carbocycles. The maximum atomic E-state index is 12.5. The lowest BCUT2D eigenvalue weighted by atomic mass is 10.4. The summed E-state index contributed by atoms with van der Waals surface area (Å²) in [6.45, 7) is 6.95. The van der Waals surface area contributed by atoms with Crippen molar-refractivity contribution in [2.24, 2.45) is 0 Å². The van der Waals surface area contributed by atoms with Gasteiger partial charge >= 0.3 is 0 Å². The molecule has 0 radical (unpaired) electrons. The van der Waals surface area contributed by atoms with Crippen LogP contribution in [-0.4, -0.2) is 37.3 Å². The lowest BCUT2D eigenvalue weighted by Gasteiger charge is -2.24. The van der Waals surface area contributed by atoms with Gasteiger partial charge in [0.15, 0.2) is 0 Å². The summed E-state index contributed by atoms with van der Waals surface area (Å²) >= 11 is 0. The molecule has 0 aliphatic heterocycles. The van der Waals surface area contributed by atoms with Gasteiger partial charge in [0.25, 0.3) is 0 Å². The number of rotatable bonds is 7. The molecule has 1 rings (SSSR count). The first-order valence-corrected chi connectivity index (χ1v) is 7.71. The van der Waals surface area contributed by atoms with Crippen LogP contribution in [0.25, 0.3) is 0 Å². The highest BCUT2D eigenvalue weighted by molar-refractivity contribution is 7.89. The van der Waals surface area contributed by atoms with Crippen LogP contribution in [0.15, 0.2) is 17.2 Å². The summed E-state index contributed by atoms with van der Waals surface area (Å²) in [6, 6.07) is 1.66. The molecule has 0 unspecified atom stereocenters. The first kappa shape index (κ1) is 15.2. The van der Waals surface area contributed by atoms with Gasteiger partial charge < -0.3 is 10.3 Å². The Morgan fingerprint density at radius 3 is 2.61 bits per heavy atom. The normalized spacial score (nSPS) is 12.6. The second-order valence-corrected chi connectivity index (χ2v) is 6.49. The lowest BCUT2D eigenvalue weighted by molar-refractivity contribution is 0.354. The Morgan fingerprint density at radius 1 is 1.44 bits per heavy atom. The summed E-state index contributed by atoms with van der Waals surface area (Å²) in [5, 5.41) is 2.99. The molecule has 1 heterocycles. The smallest absolute Gasteiger partial charge is 0.244 e. The molecule has 0 aromatic carbocycles. The number of aromatic amines is 1. The minimum Gasteiger partial charge on any atom is -0.363 e. The molecule has 0 fully saturated rings. The minimum atomic E-state index is -3.39. The fraction of sp³-hybridized carbons (Fsp3) is 0.667. The average Bonchev–Trinajstić information content (AvgIpc) is 2.75. The molecule has 104 valence electrons. The Balaban J connectivity index is 3.02. The lowest BCUT2D eigenvalue weighted by Crippen LogP contribution is -2.37. The fourth-order valence-corrected chi connectivity index (χ4v) is 3.62. The zero-order chi connectivity index (χ0) is 13.8. The van der Waals surface area contributed by atoms with E-state index in [0.29, 0.717) is 18.0 Å². The molecule has 0 amide bonds.